The summed E-state index contributed by atoms with van der Waals surface area (Å²) in [6.45, 7) is -3.17. The summed E-state index contributed by atoms with van der Waals surface area (Å²) in [5, 5.41) is 16.2. The van der Waals surface area contributed by atoms with E-state index < -0.39 is 24.3 Å². The highest BCUT2D eigenvalue weighted by Crippen LogP contribution is 2.36. The first-order valence-corrected chi connectivity index (χ1v) is 13.2. The van der Waals surface area contributed by atoms with Gasteiger partial charge in [0, 0.05) is 18.1 Å². The van der Waals surface area contributed by atoms with Gasteiger partial charge >= 0.3 is 12.6 Å². The summed E-state index contributed by atoms with van der Waals surface area (Å²) in [5.74, 6) is -1.80. The van der Waals surface area contributed by atoms with Gasteiger partial charge in [-0.3, -0.25) is 9.59 Å². The maximum atomic E-state index is 14.7. The van der Waals surface area contributed by atoms with Crippen LogP contribution in [0.5, 0.6) is 5.75 Å². The van der Waals surface area contributed by atoms with Crippen LogP contribution in [0.15, 0.2) is 60.9 Å². The number of benzene rings is 2. The normalized spacial score (nSPS) is 15.3. The topological polar surface area (TPSA) is 120 Å². The molecule has 1 unspecified atom stereocenters. The fraction of sp³-hybridized carbons (Fsp3) is 0.267. The molecule has 5 rings (SSSR count). The summed E-state index contributed by atoms with van der Waals surface area (Å²) in [6, 6.07) is 11.8. The van der Waals surface area contributed by atoms with Crippen LogP contribution in [0.25, 0.3) is 22.4 Å². The molecule has 0 fully saturated rings. The summed E-state index contributed by atoms with van der Waals surface area (Å²) in [6.07, 6.45) is 4.60. The predicted octanol–water partition coefficient (Wildman–Crippen LogP) is 5.48. The second kappa shape index (κ2) is 12.3. The number of carbonyl (C=O) groups is 2. The number of esters is 1. The number of nitrogens with one attached hydrogen (secondary N) is 2. The van der Waals surface area contributed by atoms with Gasteiger partial charge in [-0.2, -0.15) is 13.5 Å². The van der Waals surface area contributed by atoms with E-state index in [0.717, 1.165) is 12.3 Å². The summed E-state index contributed by atoms with van der Waals surface area (Å²) in [4.78, 5) is 32.3. The van der Waals surface area contributed by atoms with Crippen LogP contribution in [0.1, 0.15) is 48.7 Å². The number of ether oxygens (including phenoxy) is 2. The lowest BCUT2D eigenvalue weighted by atomic mass is 9.95. The molecule has 1 amide bonds. The van der Waals surface area contributed by atoms with Crippen molar-refractivity contribution in [2.45, 2.75) is 44.6 Å². The van der Waals surface area contributed by atoms with Crippen LogP contribution in [-0.4, -0.2) is 35.6 Å². The number of carbonyl (C=O) groups excluding carboxylic acids is 2. The number of alkyl halides is 2. The number of hydrogen-bond acceptors (Lipinski definition) is 6. The first-order chi connectivity index (χ1) is 20.2. The minimum Gasteiger partial charge on any atom is -0.618 e. The van der Waals surface area contributed by atoms with E-state index in [1.54, 1.807) is 24.4 Å². The molecule has 1 aliphatic heterocycles. The minimum absolute atomic E-state index is 0.0398. The zero-order chi connectivity index (χ0) is 29.8. The number of aromatic amines is 1. The maximum Gasteiger partial charge on any atom is 0.387 e. The molecule has 0 spiro atoms. The zero-order valence-electron chi connectivity index (χ0n) is 22.5. The molecule has 0 saturated carbocycles. The van der Waals surface area contributed by atoms with Gasteiger partial charge in [0.05, 0.1) is 42.2 Å². The molecular weight excluding hydrogens is 553 g/mol. The van der Waals surface area contributed by atoms with E-state index >= 15 is 0 Å². The smallest absolute Gasteiger partial charge is 0.387 e. The molecule has 0 radical (unpaired) electrons. The Labute approximate surface area is 238 Å². The molecule has 1 aliphatic rings. The number of methoxy groups -OCH3 is 1. The van der Waals surface area contributed by atoms with Gasteiger partial charge in [0.2, 0.25) is 11.6 Å². The Kier molecular flexibility index (Phi) is 8.41. The molecule has 3 heterocycles. The number of rotatable bonds is 6. The molecule has 1 atom stereocenters. The molecule has 0 saturated heterocycles. The zero-order valence-corrected chi connectivity index (χ0v) is 22.5. The molecule has 12 heteroatoms. The molecule has 2 aromatic heterocycles. The summed E-state index contributed by atoms with van der Waals surface area (Å²) >= 11 is 0. The Hall–Kier alpha value is -4.87. The SMILES string of the molecule is COC(=O)Cc1ccc2c(c1)NC(=O)CCCCC(c1ccc(-c3c(F)cccc3OC(F)F)c[n+]1[O-])c1ncc-2[nH]1. The number of aromatic nitrogens is 3. The van der Waals surface area contributed by atoms with Crippen molar-refractivity contribution in [3.63, 3.8) is 0 Å². The Morgan fingerprint density at radius 3 is 2.79 bits per heavy atom. The number of fused-ring (bicyclic) bond motifs is 4. The van der Waals surface area contributed by atoms with E-state index in [4.69, 9.17) is 4.74 Å². The molecule has 42 heavy (non-hydrogen) atoms. The van der Waals surface area contributed by atoms with Crippen LogP contribution in [0.4, 0.5) is 18.9 Å². The third-order valence-electron chi connectivity index (χ3n) is 7.08. The molecular formula is C30H27F3N4O5. The van der Waals surface area contributed by atoms with Crippen LogP contribution in [0.3, 0.4) is 0 Å². The van der Waals surface area contributed by atoms with Crippen molar-refractivity contribution in [3.05, 3.63) is 89.0 Å². The van der Waals surface area contributed by atoms with Crippen LogP contribution in [0.2, 0.25) is 0 Å². The van der Waals surface area contributed by atoms with Crippen molar-refractivity contribution in [1.29, 1.82) is 0 Å². The molecule has 2 N–H and O–H groups in total. The van der Waals surface area contributed by atoms with Crippen molar-refractivity contribution in [2.24, 2.45) is 0 Å². The second-order valence-corrected chi connectivity index (χ2v) is 9.82. The summed E-state index contributed by atoms with van der Waals surface area (Å²) in [7, 11) is 1.30. The largest absolute Gasteiger partial charge is 0.618 e. The number of hydrogen-bond donors (Lipinski definition) is 2. The Morgan fingerprint density at radius 1 is 1.19 bits per heavy atom. The van der Waals surface area contributed by atoms with Gasteiger partial charge in [-0.1, -0.05) is 24.6 Å². The fourth-order valence-electron chi connectivity index (χ4n) is 5.09. The maximum absolute atomic E-state index is 14.7. The van der Waals surface area contributed by atoms with Crippen molar-refractivity contribution >= 4 is 17.6 Å². The average Bonchev–Trinajstić information content (AvgIpc) is 3.43. The van der Waals surface area contributed by atoms with Gasteiger partial charge in [-0.25, -0.2) is 9.37 Å². The Balaban J connectivity index is 1.52. The van der Waals surface area contributed by atoms with E-state index in [2.05, 4.69) is 20.0 Å². The number of H-pyrrole nitrogens is 1. The predicted molar refractivity (Wildman–Crippen MR) is 146 cm³/mol. The quantitative estimate of drug-likeness (QED) is 0.177. The standard InChI is InChI=1S/C30H27F3N4O5/c1-41-27(39)14-17-9-11-19-22(13-17)35-26(38)8-3-2-5-20(29-34-15-23(19)36-29)24-12-10-18(16-37(24)40)28-21(31)6-4-7-25(28)42-30(32)33/h4,6-7,9-13,15-16,20,30H,2-3,5,8,14H2,1H3,(H,34,36)(H,35,38). The van der Waals surface area contributed by atoms with Gasteiger partial charge in [-0.05, 0) is 42.7 Å². The highest BCUT2D eigenvalue weighted by molar-refractivity contribution is 5.95. The van der Waals surface area contributed by atoms with Gasteiger partial charge in [0.15, 0.2) is 6.20 Å². The van der Waals surface area contributed by atoms with Crippen LogP contribution < -0.4 is 14.8 Å². The first kappa shape index (κ1) is 28.7. The highest BCUT2D eigenvalue weighted by atomic mass is 19.3. The molecule has 218 valence electrons. The van der Waals surface area contributed by atoms with Gasteiger partial charge in [-0.15, -0.1) is 0 Å². The molecule has 2 aromatic carbocycles. The number of halogens is 3. The minimum atomic E-state index is -3.17. The molecule has 0 aliphatic carbocycles. The summed E-state index contributed by atoms with van der Waals surface area (Å²) in [5.41, 5.74) is 2.53. The van der Waals surface area contributed by atoms with Gasteiger partial charge in [0.25, 0.3) is 0 Å². The van der Waals surface area contributed by atoms with Crippen molar-refractivity contribution in [3.8, 4) is 28.1 Å². The highest BCUT2D eigenvalue weighted by Gasteiger charge is 2.27. The molecule has 2 bridgehead atoms. The van der Waals surface area contributed by atoms with E-state index in [9.17, 15) is 28.0 Å². The van der Waals surface area contributed by atoms with Crippen molar-refractivity contribution in [2.75, 3.05) is 12.4 Å². The lowest BCUT2D eigenvalue weighted by molar-refractivity contribution is -0.614. The number of amides is 1. The lowest BCUT2D eigenvalue weighted by Crippen LogP contribution is -2.34. The number of imidazole rings is 1. The third-order valence-corrected chi connectivity index (χ3v) is 7.08. The van der Waals surface area contributed by atoms with Crippen LogP contribution >= 0.6 is 0 Å². The van der Waals surface area contributed by atoms with Crippen LogP contribution in [-0.2, 0) is 20.7 Å². The van der Waals surface area contributed by atoms with Gasteiger partial charge < -0.3 is 25.0 Å². The first-order valence-electron chi connectivity index (χ1n) is 13.2. The Bertz CT molecular complexity index is 1620. The number of nitrogens with zero attached hydrogens (tertiary/aromatic N) is 2. The molecule has 9 nitrogen and oxygen atoms in total. The van der Waals surface area contributed by atoms with E-state index in [-0.39, 0.29) is 35.6 Å². The van der Waals surface area contributed by atoms with Crippen LogP contribution in [0, 0.1) is 11.0 Å². The summed E-state index contributed by atoms with van der Waals surface area (Å²) < 4.78 is 50.3. The fourth-order valence-corrected chi connectivity index (χ4v) is 5.09. The van der Waals surface area contributed by atoms with E-state index in [1.165, 1.54) is 31.4 Å². The monoisotopic (exact) mass is 580 g/mol. The number of pyridine rings is 1. The van der Waals surface area contributed by atoms with Gasteiger partial charge in [0.1, 0.15) is 23.3 Å². The Morgan fingerprint density at radius 2 is 2.02 bits per heavy atom. The number of anilines is 1. The van der Waals surface area contributed by atoms with E-state index in [1.807, 2.05) is 0 Å². The average molecular weight is 581 g/mol. The molecule has 4 aromatic rings. The van der Waals surface area contributed by atoms with Crippen molar-refractivity contribution < 1.29 is 37.0 Å². The van der Waals surface area contributed by atoms with Crippen molar-refractivity contribution in [1.82, 2.24) is 9.97 Å². The lowest BCUT2D eigenvalue weighted by Gasteiger charge is -2.17. The van der Waals surface area contributed by atoms with E-state index in [0.29, 0.717) is 58.0 Å². The third kappa shape index (κ3) is 6.22. The second-order valence-electron chi connectivity index (χ2n) is 9.82.